The molecule has 0 spiro atoms. The number of hydrogen-bond donors (Lipinski definition) is 1. The summed E-state index contributed by atoms with van der Waals surface area (Å²) in [5.41, 5.74) is 2.97. The van der Waals surface area contributed by atoms with Crippen molar-refractivity contribution < 1.29 is 14.3 Å². The number of aryl methyl sites for hydroxylation is 1. The molecule has 1 atom stereocenters. The third kappa shape index (κ3) is 5.44. The Morgan fingerprint density at radius 3 is 2.64 bits per heavy atom. The molecule has 33 heavy (non-hydrogen) atoms. The minimum Gasteiger partial charge on any atom is -0.486 e. The first-order valence-electron chi connectivity index (χ1n) is 11.8. The van der Waals surface area contributed by atoms with Crippen molar-refractivity contribution in [3.63, 3.8) is 0 Å². The molecular formula is C26H32ClN3O3. The number of anilines is 1. The van der Waals surface area contributed by atoms with Gasteiger partial charge in [-0.2, -0.15) is 0 Å². The van der Waals surface area contributed by atoms with Crippen LogP contribution in [0.15, 0.2) is 42.5 Å². The Hall–Kier alpha value is -2.73. The lowest BCUT2D eigenvalue weighted by Crippen LogP contribution is -2.52. The molecule has 1 fully saturated rings. The molecule has 0 aliphatic carbocycles. The van der Waals surface area contributed by atoms with Crippen LogP contribution in [-0.4, -0.2) is 49.1 Å². The van der Waals surface area contributed by atoms with Gasteiger partial charge in [-0.05, 0) is 61.9 Å². The quantitative estimate of drug-likeness (QED) is 0.683. The summed E-state index contributed by atoms with van der Waals surface area (Å²) in [6, 6.07) is 13.7. The Kier molecular flexibility index (Phi) is 7.43. The normalized spacial score (nSPS) is 18.5. The number of halogens is 1. The zero-order valence-corrected chi connectivity index (χ0v) is 20.1. The summed E-state index contributed by atoms with van der Waals surface area (Å²) in [4.78, 5) is 29.8. The van der Waals surface area contributed by atoms with E-state index in [0.29, 0.717) is 45.4 Å². The van der Waals surface area contributed by atoms with Gasteiger partial charge in [-0.25, -0.2) is 4.79 Å². The van der Waals surface area contributed by atoms with Gasteiger partial charge in [0.25, 0.3) is 0 Å². The molecule has 1 N–H and O–H groups in total. The average Bonchev–Trinajstić information content (AvgIpc) is 2.84. The predicted octanol–water partition coefficient (Wildman–Crippen LogP) is 4.82. The van der Waals surface area contributed by atoms with Crippen molar-refractivity contribution in [3.8, 4) is 5.75 Å². The second-order valence-corrected chi connectivity index (χ2v) is 9.31. The predicted molar refractivity (Wildman–Crippen MR) is 131 cm³/mol. The maximum Gasteiger partial charge on any atom is 0.324 e. The first-order valence-corrected chi connectivity index (χ1v) is 12.2. The highest BCUT2D eigenvalue weighted by Gasteiger charge is 2.34. The van der Waals surface area contributed by atoms with Crippen LogP contribution >= 0.6 is 11.6 Å². The Morgan fingerprint density at radius 1 is 1.15 bits per heavy atom. The fourth-order valence-electron chi connectivity index (χ4n) is 4.52. The molecule has 2 heterocycles. The molecule has 3 amide bonds. The lowest BCUT2D eigenvalue weighted by atomic mass is 9.96. The molecule has 2 aliphatic heterocycles. The maximum absolute atomic E-state index is 13.4. The number of benzene rings is 2. The number of carbonyl (C=O) groups is 2. The van der Waals surface area contributed by atoms with E-state index in [0.717, 1.165) is 34.0 Å². The van der Waals surface area contributed by atoms with Crippen molar-refractivity contribution in [2.75, 3.05) is 31.1 Å². The highest BCUT2D eigenvalue weighted by Crippen LogP contribution is 2.36. The Bertz CT molecular complexity index is 1000. The van der Waals surface area contributed by atoms with Crippen LogP contribution in [0, 0.1) is 12.8 Å². The van der Waals surface area contributed by atoms with Crippen molar-refractivity contribution in [3.05, 3.63) is 58.6 Å². The monoisotopic (exact) mass is 469 g/mol. The molecule has 2 aliphatic rings. The summed E-state index contributed by atoms with van der Waals surface area (Å²) >= 11 is 6.19. The topological polar surface area (TPSA) is 61.9 Å². The van der Waals surface area contributed by atoms with Crippen LogP contribution in [0.3, 0.4) is 0 Å². The van der Waals surface area contributed by atoms with Crippen LogP contribution in [0.4, 0.5) is 10.5 Å². The summed E-state index contributed by atoms with van der Waals surface area (Å²) in [5.74, 6) is 0.760. The van der Waals surface area contributed by atoms with Gasteiger partial charge in [-0.3, -0.25) is 9.69 Å². The lowest BCUT2D eigenvalue weighted by molar-refractivity contribution is -0.126. The summed E-state index contributed by atoms with van der Waals surface area (Å²) in [7, 11) is 0. The van der Waals surface area contributed by atoms with E-state index >= 15 is 0 Å². The number of likely N-dealkylation sites (tertiary alicyclic amines) is 1. The van der Waals surface area contributed by atoms with Crippen LogP contribution in [-0.2, 0) is 11.2 Å². The third-order valence-electron chi connectivity index (χ3n) is 6.56. The van der Waals surface area contributed by atoms with E-state index in [2.05, 4.69) is 12.2 Å². The van der Waals surface area contributed by atoms with E-state index < -0.39 is 0 Å². The molecule has 1 saturated heterocycles. The zero-order valence-electron chi connectivity index (χ0n) is 19.4. The summed E-state index contributed by atoms with van der Waals surface area (Å²) < 4.78 is 6.06. The number of rotatable bonds is 5. The van der Waals surface area contributed by atoms with Crippen LogP contribution in [0.25, 0.3) is 0 Å². The van der Waals surface area contributed by atoms with Crippen molar-refractivity contribution in [2.45, 2.75) is 45.6 Å². The highest BCUT2D eigenvalue weighted by atomic mass is 35.5. The largest absolute Gasteiger partial charge is 0.486 e. The number of urea groups is 1. The standard InChI is InChI=1S/C26H32ClN3O3/c1-3-21-17-30(23-16-18(2)8-9-24(23)33-21)26(32)29-14-11-20(12-15-29)25(31)28-13-10-19-6-4-5-7-22(19)27/h4-9,16,20-21H,3,10-15,17H2,1-2H3,(H,28,31)/t21-/m0/s1. The Morgan fingerprint density at radius 2 is 1.91 bits per heavy atom. The van der Waals surface area contributed by atoms with E-state index in [1.807, 2.05) is 59.2 Å². The average molecular weight is 470 g/mol. The molecule has 0 aromatic heterocycles. The molecule has 7 heteroatoms. The van der Waals surface area contributed by atoms with Crippen LogP contribution < -0.4 is 15.0 Å². The first kappa shape index (κ1) is 23.4. The number of nitrogens with one attached hydrogen (secondary N) is 1. The molecule has 0 unspecified atom stereocenters. The number of nitrogens with zero attached hydrogens (tertiary/aromatic N) is 2. The van der Waals surface area contributed by atoms with E-state index in [1.54, 1.807) is 0 Å². The van der Waals surface area contributed by atoms with E-state index in [4.69, 9.17) is 16.3 Å². The second-order valence-electron chi connectivity index (χ2n) is 8.91. The Labute approximate surface area is 200 Å². The van der Waals surface area contributed by atoms with Crippen molar-refractivity contribution >= 4 is 29.2 Å². The zero-order chi connectivity index (χ0) is 23.4. The molecule has 176 valence electrons. The highest BCUT2D eigenvalue weighted by molar-refractivity contribution is 6.31. The van der Waals surface area contributed by atoms with E-state index in [9.17, 15) is 9.59 Å². The number of carbonyl (C=O) groups excluding carboxylic acids is 2. The SMILES string of the molecule is CC[C@H]1CN(C(=O)N2CCC(C(=O)NCCc3ccccc3Cl)CC2)c2cc(C)ccc2O1. The molecule has 6 nitrogen and oxygen atoms in total. The van der Waals surface area contributed by atoms with Crippen molar-refractivity contribution in [1.29, 1.82) is 0 Å². The minimum absolute atomic E-state index is 0.00109. The minimum atomic E-state index is -0.0668. The van der Waals surface area contributed by atoms with E-state index in [-0.39, 0.29) is 24.0 Å². The Balaban J connectivity index is 1.31. The maximum atomic E-state index is 13.4. The van der Waals surface area contributed by atoms with Gasteiger partial charge in [0.1, 0.15) is 11.9 Å². The van der Waals surface area contributed by atoms with Crippen LogP contribution in [0.2, 0.25) is 5.02 Å². The summed E-state index contributed by atoms with van der Waals surface area (Å²) in [6.07, 6.45) is 2.88. The van der Waals surface area contributed by atoms with Gasteiger partial charge < -0.3 is 15.0 Å². The fourth-order valence-corrected chi connectivity index (χ4v) is 4.75. The fraction of sp³-hybridized carbons (Fsp3) is 0.462. The van der Waals surface area contributed by atoms with Gasteiger partial charge in [0.2, 0.25) is 5.91 Å². The first-order chi connectivity index (χ1) is 16.0. The second kappa shape index (κ2) is 10.5. The van der Waals surface area contributed by atoms with Gasteiger partial charge in [0.15, 0.2) is 0 Å². The van der Waals surface area contributed by atoms with Crippen molar-refractivity contribution in [1.82, 2.24) is 10.2 Å². The van der Waals surface area contributed by atoms with Gasteiger partial charge in [-0.1, -0.05) is 42.8 Å². The third-order valence-corrected chi connectivity index (χ3v) is 6.93. The number of ether oxygens (including phenoxy) is 1. The number of piperidine rings is 1. The summed E-state index contributed by atoms with van der Waals surface area (Å²) in [5, 5.41) is 3.77. The number of amides is 3. The van der Waals surface area contributed by atoms with Crippen LogP contribution in [0.1, 0.15) is 37.3 Å². The van der Waals surface area contributed by atoms with Gasteiger partial charge in [0.05, 0.1) is 12.2 Å². The molecule has 0 bridgehead atoms. The molecule has 2 aromatic rings. The van der Waals surface area contributed by atoms with Gasteiger partial charge >= 0.3 is 6.03 Å². The van der Waals surface area contributed by atoms with E-state index in [1.165, 1.54) is 0 Å². The summed E-state index contributed by atoms with van der Waals surface area (Å²) in [6.45, 7) is 6.36. The van der Waals surface area contributed by atoms with Crippen LogP contribution in [0.5, 0.6) is 5.75 Å². The van der Waals surface area contributed by atoms with Gasteiger partial charge in [-0.15, -0.1) is 0 Å². The molecule has 0 radical (unpaired) electrons. The molecular weight excluding hydrogens is 438 g/mol. The molecule has 2 aromatic carbocycles. The molecule has 0 saturated carbocycles. The molecule has 4 rings (SSSR count). The van der Waals surface area contributed by atoms with Crippen molar-refractivity contribution in [2.24, 2.45) is 5.92 Å². The smallest absolute Gasteiger partial charge is 0.324 e. The van der Waals surface area contributed by atoms with Gasteiger partial charge in [0, 0.05) is 30.6 Å². The number of hydrogen-bond acceptors (Lipinski definition) is 3. The lowest BCUT2D eigenvalue weighted by Gasteiger charge is -2.39. The number of fused-ring (bicyclic) bond motifs is 1.